The minimum Gasteiger partial charge on any atom is -0.454 e. The summed E-state index contributed by atoms with van der Waals surface area (Å²) in [6.45, 7) is 0.612. The number of hydrogen-bond donors (Lipinski definition) is 0. The average molecular weight is 226 g/mol. The first-order chi connectivity index (χ1) is 7.31. The quantitative estimate of drug-likeness (QED) is 0.451. The van der Waals surface area contributed by atoms with Gasteiger partial charge in [-0.15, -0.1) is 0 Å². The van der Waals surface area contributed by atoms with E-state index >= 15 is 0 Å². The fourth-order valence-electron chi connectivity index (χ4n) is 1.39. The predicted molar refractivity (Wildman–Crippen MR) is 55.3 cm³/mol. The van der Waals surface area contributed by atoms with Crippen molar-refractivity contribution in [1.29, 1.82) is 0 Å². The van der Waals surface area contributed by atoms with Crippen LogP contribution in [0.4, 0.5) is 0 Å². The molecule has 0 aliphatic carbocycles. The first-order valence-electron chi connectivity index (χ1n) is 4.40. The molecule has 0 bridgehead atoms. The third kappa shape index (κ3) is 2.09. The van der Waals surface area contributed by atoms with Crippen LogP contribution in [0.15, 0.2) is 17.2 Å². The van der Waals surface area contributed by atoms with Crippen LogP contribution in [0.25, 0.3) is 10.4 Å². The van der Waals surface area contributed by atoms with Crippen LogP contribution in [-0.2, 0) is 6.42 Å². The molecule has 5 nitrogen and oxygen atoms in total. The lowest BCUT2D eigenvalue weighted by Gasteiger charge is -2.02. The van der Waals surface area contributed by atoms with E-state index in [1.165, 1.54) is 0 Å². The number of ether oxygens (including phenoxy) is 2. The lowest BCUT2D eigenvalue weighted by molar-refractivity contribution is 0.174. The molecular formula is C9H8ClN3O2. The zero-order valence-electron chi connectivity index (χ0n) is 7.81. The van der Waals surface area contributed by atoms with E-state index in [0.717, 1.165) is 5.56 Å². The molecule has 0 unspecified atom stereocenters. The summed E-state index contributed by atoms with van der Waals surface area (Å²) >= 11 is 5.98. The van der Waals surface area contributed by atoms with E-state index in [1.807, 2.05) is 6.07 Å². The molecule has 0 amide bonds. The van der Waals surface area contributed by atoms with Gasteiger partial charge < -0.3 is 9.47 Å². The van der Waals surface area contributed by atoms with Gasteiger partial charge in [-0.3, -0.25) is 0 Å². The number of hydrogen-bond acceptors (Lipinski definition) is 3. The van der Waals surface area contributed by atoms with Gasteiger partial charge in [-0.1, -0.05) is 16.7 Å². The largest absolute Gasteiger partial charge is 0.454 e. The molecule has 1 aromatic rings. The third-order valence-electron chi connectivity index (χ3n) is 2.05. The number of fused-ring (bicyclic) bond motifs is 1. The van der Waals surface area contributed by atoms with Crippen molar-refractivity contribution in [1.82, 2.24) is 0 Å². The Bertz CT molecular complexity index is 430. The van der Waals surface area contributed by atoms with Gasteiger partial charge in [-0.2, -0.15) is 0 Å². The van der Waals surface area contributed by atoms with Crippen LogP contribution < -0.4 is 9.47 Å². The number of halogens is 1. The predicted octanol–water partition coefficient (Wildman–Crippen LogP) is 2.92. The fraction of sp³-hybridized carbons (Fsp3) is 0.333. The van der Waals surface area contributed by atoms with Crippen molar-refractivity contribution in [2.45, 2.75) is 6.42 Å². The maximum atomic E-state index is 8.14. The van der Waals surface area contributed by atoms with E-state index in [4.69, 9.17) is 26.6 Å². The van der Waals surface area contributed by atoms with E-state index in [2.05, 4.69) is 10.0 Å². The molecule has 0 fully saturated rings. The number of azide groups is 1. The number of benzene rings is 1. The zero-order valence-corrected chi connectivity index (χ0v) is 8.57. The topological polar surface area (TPSA) is 67.2 Å². The summed E-state index contributed by atoms with van der Waals surface area (Å²) in [5.41, 5.74) is 9.11. The van der Waals surface area contributed by atoms with E-state index in [1.54, 1.807) is 6.07 Å². The van der Waals surface area contributed by atoms with Crippen LogP contribution in [0.1, 0.15) is 5.56 Å². The molecule has 0 saturated carbocycles. The van der Waals surface area contributed by atoms with Gasteiger partial charge in [0.15, 0.2) is 11.5 Å². The highest BCUT2D eigenvalue weighted by Gasteiger charge is 2.17. The van der Waals surface area contributed by atoms with Gasteiger partial charge >= 0.3 is 0 Å². The number of nitrogens with zero attached hydrogens (tertiary/aromatic N) is 3. The Morgan fingerprint density at radius 1 is 1.47 bits per heavy atom. The summed E-state index contributed by atoms with van der Waals surface area (Å²) in [6, 6.07) is 3.64. The monoisotopic (exact) mass is 225 g/mol. The highest BCUT2D eigenvalue weighted by Crippen LogP contribution is 2.39. The molecule has 6 heteroatoms. The van der Waals surface area contributed by atoms with Crippen LogP contribution >= 0.6 is 11.6 Å². The summed E-state index contributed by atoms with van der Waals surface area (Å²) in [5, 5.41) is 3.98. The smallest absolute Gasteiger partial charge is 0.231 e. The zero-order chi connectivity index (χ0) is 10.7. The Hall–Kier alpha value is -1.58. The minimum atomic E-state index is 0.203. The maximum absolute atomic E-state index is 8.14. The van der Waals surface area contributed by atoms with Crippen molar-refractivity contribution in [3.63, 3.8) is 0 Å². The molecule has 0 aromatic heterocycles. The Morgan fingerprint density at radius 3 is 3.13 bits per heavy atom. The fourth-order valence-corrected chi connectivity index (χ4v) is 1.68. The van der Waals surface area contributed by atoms with E-state index < -0.39 is 0 Å². The lowest BCUT2D eigenvalue weighted by atomic mass is 10.1. The molecule has 1 aliphatic heterocycles. The molecule has 0 atom stereocenters. The summed E-state index contributed by atoms with van der Waals surface area (Å²) in [6.07, 6.45) is 0.639. The molecule has 1 aliphatic rings. The van der Waals surface area contributed by atoms with Gasteiger partial charge in [-0.05, 0) is 29.6 Å². The van der Waals surface area contributed by atoms with Crippen molar-refractivity contribution in [2.24, 2.45) is 5.11 Å². The first-order valence-corrected chi connectivity index (χ1v) is 4.78. The molecular weight excluding hydrogens is 218 g/mol. The van der Waals surface area contributed by atoms with Crippen molar-refractivity contribution in [3.8, 4) is 11.5 Å². The van der Waals surface area contributed by atoms with Crippen LogP contribution in [0, 0.1) is 0 Å². The third-order valence-corrected chi connectivity index (χ3v) is 2.33. The van der Waals surface area contributed by atoms with Crippen LogP contribution in [0.3, 0.4) is 0 Å². The molecule has 0 radical (unpaired) electrons. The molecule has 0 N–H and O–H groups in total. The molecule has 1 aromatic carbocycles. The van der Waals surface area contributed by atoms with Gasteiger partial charge in [0.25, 0.3) is 0 Å². The van der Waals surface area contributed by atoms with E-state index in [0.29, 0.717) is 29.5 Å². The normalized spacial score (nSPS) is 12.3. The van der Waals surface area contributed by atoms with Gasteiger partial charge in [0.2, 0.25) is 6.79 Å². The molecule has 78 valence electrons. The summed E-state index contributed by atoms with van der Waals surface area (Å²) in [4.78, 5) is 2.68. The number of rotatable bonds is 3. The summed E-state index contributed by atoms with van der Waals surface area (Å²) in [5.74, 6) is 1.24. The van der Waals surface area contributed by atoms with Crippen LogP contribution in [0.2, 0.25) is 5.02 Å². The standard InChI is InChI=1S/C9H8ClN3O2/c10-7-3-6(1-2-12-13-11)4-8-9(7)15-5-14-8/h3-4H,1-2,5H2. The highest BCUT2D eigenvalue weighted by molar-refractivity contribution is 6.32. The molecule has 1 heterocycles. The van der Waals surface area contributed by atoms with Crippen molar-refractivity contribution in [3.05, 3.63) is 33.2 Å². The second-order valence-electron chi connectivity index (χ2n) is 3.02. The average Bonchev–Trinajstić information content (AvgIpc) is 2.66. The van der Waals surface area contributed by atoms with Crippen molar-refractivity contribution >= 4 is 11.6 Å². The summed E-state index contributed by atoms with van der Waals surface area (Å²) < 4.78 is 10.4. The molecule has 2 rings (SSSR count). The van der Waals surface area contributed by atoms with Crippen molar-refractivity contribution < 1.29 is 9.47 Å². The molecule has 0 spiro atoms. The Labute approximate surface area is 91.2 Å². The Balaban J connectivity index is 2.19. The molecule has 15 heavy (non-hydrogen) atoms. The van der Waals surface area contributed by atoms with Crippen LogP contribution in [-0.4, -0.2) is 13.3 Å². The van der Waals surface area contributed by atoms with E-state index in [9.17, 15) is 0 Å². The van der Waals surface area contributed by atoms with Gasteiger partial charge in [0.05, 0.1) is 5.02 Å². The van der Waals surface area contributed by atoms with Gasteiger partial charge in [0.1, 0.15) is 0 Å². The second-order valence-corrected chi connectivity index (χ2v) is 3.42. The van der Waals surface area contributed by atoms with Gasteiger partial charge in [-0.25, -0.2) is 0 Å². The van der Waals surface area contributed by atoms with Crippen molar-refractivity contribution in [2.75, 3.05) is 13.3 Å². The Morgan fingerprint density at radius 2 is 2.33 bits per heavy atom. The highest BCUT2D eigenvalue weighted by atomic mass is 35.5. The van der Waals surface area contributed by atoms with Crippen LogP contribution in [0.5, 0.6) is 11.5 Å². The second kappa shape index (κ2) is 4.29. The lowest BCUT2D eigenvalue weighted by Crippen LogP contribution is -1.93. The first kappa shape index (κ1) is 9.96. The molecule has 0 saturated heterocycles. The minimum absolute atomic E-state index is 0.203. The Kier molecular flexibility index (Phi) is 2.85. The van der Waals surface area contributed by atoms with E-state index in [-0.39, 0.29) is 6.79 Å². The van der Waals surface area contributed by atoms with Gasteiger partial charge in [0, 0.05) is 11.5 Å². The summed E-state index contributed by atoms with van der Waals surface area (Å²) in [7, 11) is 0. The maximum Gasteiger partial charge on any atom is 0.231 e. The SMILES string of the molecule is [N-]=[N+]=NCCc1cc(Cl)c2c(c1)OCO2.